The fourth-order valence-electron chi connectivity index (χ4n) is 3.15. The molecule has 0 fully saturated rings. The summed E-state index contributed by atoms with van der Waals surface area (Å²) in [6.07, 6.45) is 0. The Balaban J connectivity index is 2.04. The molecule has 4 nitrogen and oxygen atoms in total. The van der Waals surface area contributed by atoms with Gasteiger partial charge in [0.1, 0.15) is 11.5 Å². The predicted octanol–water partition coefficient (Wildman–Crippen LogP) is 5.08. The van der Waals surface area contributed by atoms with E-state index in [2.05, 4.69) is 4.18 Å². The molecular weight excluding hydrogens is 381 g/mol. The predicted molar refractivity (Wildman–Crippen MR) is 96.2 cm³/mol. The van der Waals surface area contributed by atoms with Crippen LogP contribution in [-0.2, 0) is 10.1 Å². The van der Waals surface area contributed by atoms with Crippen LogP contribution < -0.4 is 4.18 Å². The molecule has 4 aromatic carbocycles. The van der Waals surface area contributed by atoms with Crippen molar-refractivity contribution in [2.45, 2.75) is 5.51 Å². The Labute approximate surface area is 151 Å². The number of hydrogen-bond donors (Lipinski definition) is 1. The van der Waals surface area contributed by atoms with Crippen molar-refractivity contribution in [1.29, 1.82) is 0 Å². The SMILES string of the molecule is O=S(=O)(Oc1ccc2c3ccc(O)cc3c3ccccc3c2c1)C(F)(F)F. The summed E-state index contributed by atoms with van der Waals surface area (Å²) in [5.41, 5.74) is -5.51. The lowest BCUT2D eigenvalue weighted by Crippen LogP contribution is -2.28. The molecule has 0 spiro atoms. The first-order valence-corrected chi connectivity index (χ1v) is 9.16. The quantitative estimate of drug-likeness (QED) is 0.294. The molecule has 0 aliphatic carbocycles. The minimum Gasteiger partial charge on any atom is -0.508 e. The highest BCUT2D eigenvalue weighted by Crippen LogP contribution is 2.38. The first kappa shape index (κ1) is 17.4. The van der Waals surface area contributed by atoms with Crippen molar-refractivity contribution in [1.82, 2.24) is 0 Å². The number of phenols is 1. The van der Waals surface area contributed by atoms with E-state index in [0.717, 1.165) is 16.2 Å². The van der Waals surface area contributed by atoms with Gasteiger partial charge in [0.25, 0.3) is 0 Å². The zero-order chi connectivity index (χ0) is 19.4. The van der Waals surface area contributed by atoms with Crippen molar-refractivity contribution in [2.24, 2.45) is 0 Å². The normalized spacial score (nSPS) is 12.7. The average molecular weight is 392 g/mol. The van der Waals surface area contributed by atoms with Crippen molar-refractivity contribution in [3.05, 3.63) is 60.7 Å². The summed E-state index contributed by atoms with van der Waals surface area (Å²) in [7, 11) is -5.75. The molecule has 4 aromatic rings. The highest BCUT2D eigenvalue weighted by Gasteiger charge is 2.48. The van der Waals surface area contributed by atoms with E-state index in [0.29, 0.717) is 16.2 Å². The van der Waals surface area contributed by atoms with Crippen LogP contribution in [0.3, 0.4) is 0 Å². The van der Waals surface area contributed by atoms with E-state index in [1.165, 1.54) is 24.3 Å². The minimum absolute atomic E-state index is 0.0863. The molecule has 1 N–H and O–H groups in total. The van der Waals surface area contributed by atoms with E-state index in [1.54, 1.807) is 30.3 Å². The third-order valence-electron chi connectivity index (χ3n) is 4.28. The van der Waals surface area contributed by atoms with Crippen LogP contribution in [0.25, 0.3) is 32.3 Å². The molecule has 0 heterocycles. The standard InChI is InChI=1S/C19H11F3O4S/c20-19(21,22)27(24,25)26-12-6-8-16-15-7-5-11(23)9-17(15)13-3-1-2-4-14(13)18(16)10-12/h1-10,23H. The minimum atomic E-state index is -5.75. The summed E-state index contributed by atoms with van der Waals surface area (Å²) in [6, 6.07) is 15.9. The molecule has 0 saturated heterocycles. The molecule has 0 radical (unpaired) electrons. The molecule has 0 aromatic heterocycles. The molecule has 0 amide bonds. The monoisotopic (exact) mass is 392 g/mol. The number of halogens is 3. The Kier molecular flexibility index (Phi) is 3.71. The zero-order valence-electron chi connectivity index (χ0n) is 13.5. The van der Waals surface area contributed by atoms with Crippen LogP contribution >= 0.6 is 0 Å². The van der Waals surface area contributed by atoms with Gasteiger partial charge in [0, 0.05) is 0 Å². The van der Waals surface area contributed by atoms with E-state index in [1.807, 2.05) is 6.07 Å². The van der Waals surface area contributed by atoms with E-state index in [4.69, 9.17) is 0 Å². The summed E-state index contributed by atoms with van der Waals surface area (Å²) >= 11 is 0. The Bertz CT molecular complexity index is 1290. The van der Waals surface area contributed by atoms with Gasteiger partial charge < -0.3 is 9.29 Å². The second kappa shape index (κ2) is 5.75. The van der Waals surface area contributed by atoms with Crippen LogP contribution in [0.4, 0.5) is 13.2 Å². The maximum atomic E-state index is 12.6. The number of phenolic OH excluding ortho intramolecular Hbond substituents is 1. The van der Waals surface area contributed by atoms with E-state index >= 15 is 0 Å². The van der Waals surface area contributed by atoms with Gasteiger partial charge in [-0.1, -0.05) is 30.3 Å². The number of rotatable bonds is 2. The Hall–Kier alpha value is -3.00. The van der Waals surface area contributed by atoms with Gasteiger partial charge in [-0.3, -0.25) is 0 Å². The molecule has 27 heavy (non-hydrogen) atoms. The summed E-state index contributed by atoms with van der Waals surface area (Å²) in [5.74, 6) is -0.341. The van der Waals surface area contributed by atoms with Crippen LogP contribution in [0.5, 0.6) is 11.5 Å². The number of fused-ring (bicyclic) bond motifs is 6. The van der Waals surface area contributed by atoms with Crippen LogP contribution in [0.15, 0.2) is 60.7 Å². The van der Waals surface area contributed by atoms with Crippen molar-refractivity contribution < 1.29 is 30.9 Å². The fraction of sp³-hybridized carbons (Fsp3) is 0.0526. The van der Waals surface area contributed by atoms with Crippen LogP contribution in [-0.4, -0.2) is 19.0 Å². The van der Waals surface area contributed by atoms with Crippen molar-refractivity contribution in [2.75, 3.05) is 0 Å². The highest BCUT2D eigenvalue weighted by atomic mass is 32.2. The molecule has 0 unspecified atom stereocenters. The van der Waals surface area contributed by atoms with Gasteiger partial charge in [-0.05, 0) is 62.6 Å². The molecule has 8 heteroatoms. The lowest BCUT2D eigenvalue weighted by molar-refractivity contribution is -0.0500. The van der Waals surface area contributed by atoms with Gasteiger partial charge in [0.2, 0.25) is 0 Å². The first-order chi connectivity index (χ1) is 12.7. The van der Waals surface area contributed by atoms with E-state index in [-0.39, 0.29) is 5.75 Å². The van der Waals surface area contributed by atoms with Gasteiger partial charge in [0.15, 0.2) is 0 Å². The van der Waals surface area contributed by atoms with Gasteiger partial charge >= 0.3 is 15.6 Å². The summed E-state index contributed by atoms with van der Waals surface area (Å²) in [6.45, 7) is 0. The number of alkyl halides is 3. The van der Waals surface area contributed by atoms with Crippen molar-refractivity contribution >= 4 is 42.4 Å². The largest absolute Gasteiger partial charge is 0.534 e. The number of hydrogen-bond acceptors (Lipinski definition) is 4. The summed E-state index contributed by atoms with van der Waals surface area (Å²) in [5, 5.41) is 14.1. The molecule has 0 aliphatic heterocycles. The third-order valence-corrected chi connectivity index (χ3v) is 5.26. The van der Waals surface area contributed by atoms with Crippen molar-refractivity contribution in [3.63, 3.8) is 0 Å². The highest BCUT2D eigenvalue weighted by molar-refractivity contribution is 7.88. The van der Waals surface area contributed by atoms with Crippen LogP contribution in [0.1, 0.15) is 0 Å². The number of benzene rings is 4. The molecule has 0 bridgehead atoms. The molecule has 0 atom stereocenters. The Morgan fingerprint density at radius 1 is 0.741 bits per heavy atom. The van der Waals surface area contributed by atoms with Gasteiger partial charge in [-0.2, -0.15) is 21.6 Å². The molecule has 138 valence electrons. The fourth-order valence-corrected chi connectivity index (χ4v) is 3.60. The van der Waals surface area contributed by atoms with E-state index in [9.17, 15) is 26.7 Å². The Morgan fingerprint density at radius 2 is 1.26 bits per heavy atom. The van der Waals surface area contributed by atoms with Crippen molar-refractivity contribution in [3.8, 4) is 11.5 Å². The molecule has 0 saturated carbocycles. The summed E-state index contributed by atoms with van der Waals surface area (Å²) in [4.78, 5) is 0. The molecule has 0 aliphatic rings. The Morgan fingerprint density at radius 3 is 1.85 bits per heavy atom. The lowest BCUT2D eigenvalue weighted by Gasteiger charge is -2.13. The third kappa shape index (κ3) is 2.82. The smallest absolute Gasteiger partial charge is 0.508 e. The van der Waals surface area contributed by atoms with Gasteiger partial charge in [0.05, 0.1) is 0 Å². The second-order valence-corrected chi connectivity index (χ2v) is 7.50. The zero-order valence-corrected chi connectivity index (χ0v) is 14.3. The number of aromatic hydroxyl groups is 1. The summed E-state index contributed by atoms with van der Waals surface area (Å²) < 4.78 is 64.6. The van der Waals surface area contributed by atoms with Crippen LogP contribution in [0, 0.1) is 0 Å². The molecule has 4 rings (SSSR count). The van der Waals surface area contributed by atoms with Gasteiger partial charge in [-0.25, -0.2) is 0 Å². The average Bonchev–Trinajstić information content (AvgIpc) is 2.60. The topological polar surface area (TPSA) is 63.6 Å². The molecular formula is C19H11F3O4S. The first-order valence-electron chi connectivity index (χ1n) is 7.75. The van der Waals surface area contributed by atoms with Crippen LogP contribution in [0.2, 0.25) is 0 Å². The maximum Gasteiger partial charge on any atom is 0.534 e. The second-order valence-electron chi connectivity index (χ2n) is 5.97. The maximum absolute atomic E-state index is 12.6. The van der Waals surface area contributed by atoms with E-state index < -0.39 is 21.4 Å². The van der Waals surface area contributed by atoms with Gasteiger partial charge in [-0.15, -0.1) is 0 Å². The lowest BCUT2D eigenvalue weighted by atomic mass is 9.94.